The van der Waals surface area contributed by atoms with Gasteiger partial charge in [-0.15, -0.1) is 0 Å². The predicted molar refractivity (Wildman–Crippen MR) is 116 cm³/mol. The maximum Gasteiger partial charge on any atom is 0.416 e. The molecule has 0 saturated carbocycles. The van der Waals surface area contributed by atoms with Gasteiger partial charge in [-0.3, -0.25) is 9.59 Å². The number of anilines is 1. The zero-order valence-corrected chi connectivity index (χ0v) is 18.1. The van der Waals surface area contributed by atoms with Gasteiger partial charge in [0.1, 0.15) is 0 Å². The molecule has 0 bridgehead atoms. The molecule has 9 heteroatoms. The lowest BCUT2D eigenvalue weighted by atomic mass is 10.1. The average Bonchev–Trinajstić information content (AvgIpc) is 2.73. The fraction of sp³-hybridized carbons (Fsp3) is 0.391. The second kappa shape index (κ2) is 10.1. The van der Waals surface area contributed by atoms with E-state index in [0.717, 1.165) is 30.8 Å². The predicted octanol–water partition coefficient (Wildman–Crippen LogP) is 3.34. The number of amides is 2. The number of hydrogen-bond donors (Lipinski definition) is 2. The Morgan fingerprint density at radius 1 is 0.938 bits per heavy atom. The highest BCUT2D eigenvalue weighted by Crippen LogP contribution is 2.29. The van der Waals surface area contributed by atoms with Crippen molar-refractivity contribution in [3.05, 3.63) is 64.7 Å². The molecule has 1 heterocycles. The van der Waals surface area contributed by atoms with Crippen LogP contribution in [0.15, 0.2) is 42.5 Å². The van der Waals surface area contributed by atoms with Gasteiger partial charge < -0.3 is 20.4 Å². The number of halogens is 3. The van der Waals surface area contributed by atoms with Gasteiger partial charge in [0, 0.05) is 57.4 Å². The number of carbonyl (C=O) groups is 2. The quantitative estimate of drug-likeness (QED) is 0.712. The summed E-state index contributed by atoms with van der Waals surface area (Å²) in [6, 6.07) is 10.2. The van der Waals surface area contributed by atoms with Crippen LogP contribution in [-0.4, -0.2) is 54.8 Å². The number of carbonyl (C=O) groups excluding carboxylic acids is 2. The maximum absolute atomic E-state index is 13.0. The number of rotatable bonds is 6. The fourth-order valence-electron chi connectivity index (χ4n) is 3.55. The van der Waals surface area contributed by atoms with E-state index >= 15 is 0 Å². The Kier molecular flexibility index (Phi) is 7.52. The molecule has 6 nitrogen and oxygen atoms in total. The van der Waals surface area contributed by atoms with E-state index in [4.69, 9.17) is 0 Å². The molecule has 1 fully saturated rings. The topological polar surface area (TPSA) is 64.7 Å². The van der Waals surface area contributed by atoms with Crippen LogP contribution >= 0.6 is 0 Å². The molecule has 1 aliphatic heterocycles. The van der Waals surface area contributed by atoms with E-state index < -0.39 is 11.7 Å². The van der Waals surface area contributed by atoms with E-state index in [2.05, 4.69) is 15.5 Å². The molecule has 0 aromatic heterocycles. The summed E-state index contributed by atoms with van der Waals surface area (Å²) in [5.41, 5.74) is 1.85. The lowest BCUT2D eigenvalue weighted by molar-refractivity contribution is -0.137. The Morgan fingerprint density at radius 2 is 1.56 bits per heavy atom. The zero-order chi connectivity index (χ0) is 23.3. The number of hydrogen-bond acceptors (Lipinski definition) is 4. The molecule has 172 valence electrons. The van der Waals surface area contributed by atoms with E-state index in [1.165, 1.54) is 19.1 Å². The van der Waals surface area contributed by atoms with Crippen molar-refractivity contribution >= 4 is 17.5 Å². The van der Waals surface area contributed by atoms with E-state index in [9.17, 15) is 22.8 Å². The van der Waals surface area contributed by atoms with Crippen molar-refractivity contribution in [2.24, 2.45) is 0 Å². The summed E-state index contributed by atoms with van der Waals surface area (Å²) >= 11 is 0. The fourth-order valence-corrected chi connectivity index (χ4v) is 3.55. The lowest BCUT2D eigenvalue weighted by Gasteiger charge is -2.32. The van der Waals surface area contributed by atoms with Crippen molar-refractivity contribution in [2.75, 3.05) is 38.5 Å². The van der Waals surface area contributed by atoms with E-state index in [0.29, 0.717) is 43.0 Å². The Hall–Kier alpha value is -2.91. The molecular weight excluding hydrogens is 421 g/mol. The summed E-state index contributed by atoms with van der Waals surface area (Å²) < 4.78 is 38.1. The molecule has 2 aromatic carbocycles. The standard InChI is InChI=1S/C23H27F3N4O2/c1-16(31)28-21-12-18(11-19(13-21)22(32)30-9-7-29(2)8-10-30)15-27-14-17-3-5-20(6-4-17)23(24,25)26/h3-6,11-13,27H,7-10,14-15H2,1-2H3,(H,28,31). The van der Waals surface area contributed by atoms with Gasteiger partial charge in [-0.25, -0.2) is 0 Å². The minimum absolute atomic E-state index is 0.0886. The van der Waals surface area contributed by atoms with Crippen LogP contribution in [0.2, 0.25) is 0 Å². The first-order valence-electron chi connectivity index (χ1n) is 10.4. The second-order valence-electron chi connectivity index (χ2n) is 7.99. The number of nitrogens with zero attached hydrogens (tertiary/aromatic N) is 2. The number of nitrogens with one attached hydrogen (secondary N) is 2. The minimum atomic E-state index is -4.36. The molecule has 0 radical (unpaired) electrons. The molecular formula is C23H27F3N4O2. The van der Waals surface area contributed by atoms with Gasteiger partial charge in [0.2, 0.25) is 5.91 Å². The van der Waals surface area contributed by atoms with Gasteiger partial charge >= 0.3 is 6.18 Å². The van der Waals surface area contributed by atoms with Crippen molar-refractivity contribution in [2.45, 2.75) is 26.2 Å². The first-order valence-corrected chi connectivity index (χ1v) is 10.4. The van der Waals surface area contributed by atoms with E-state index in [-0.39, 0.29) is 11.8 Å². The Morgan fingerprint density at radius 3 is 2.16 bits per heavy atom. The third-order valence-corrected chi connectivity index (χ3v) is 5.29. The van der Waals surface area contributed by atoms with Crippen molar-refractivity contribution in [1.29, 1.82) is 0 Å². The van der Waals surface area contributed by atoms with Crippen molar-refractivity contribution < 1.29 is 22.8 Å². The molecule has 0 aliphatic carbocycles. The Bertz CT molecular complexity index is 953. The number of piperazine rings is 1. The van der Waals surface area contributed by atoms with Crippen molar-refractivity contribution in [3.63, 3.8) is 0 Å². The van der Waals surface area contributed by atoms with Crippen LogP contribution in [-0.2, 0) is 24.1 Å². The summed E-state index contributed by atoms with van der Waals surface area (Å²) in [5, 5.41) is 5.91. The van der Waals surface area contributed by atoms with Crippen LogP contribution in [0, 0.1) is 0 Å². The van der Waals surface area contributed by atoms with Crippen LogP contribution in [0.25, 0.3) is 0 Å². The molecule has 0 atom stereocenters. The summed E-state index contributed by atoms with van der Waals surface area (Å²) in [6.07, 6.45) is -4.36. The van der Waals surface area contributed by atoms with Crippen molar-refractivity contribution in [1.82, 2.24) is 15.1 Å². The van der Waals surface area contributed by atoms with Crippen LogP contribution in [0.5, 0.6) is 0 Å². The molecule has 32 heavy (non-hydrogen) atoms. The molecule has 2 amide bonds. The smallest absolute Gasteiger partial charge is 0.336 e. The highest BCUT2D eigenvalue weighted by molar-refractivity contribution is 5.97. The molecule has 2 N–H and O–H groups in total. The van der Waals surface area contributed by atoms with E-state index in [1.54, 1.807) is 23.1 Å². The molecule has 1 aliphatic rings. The lowest BCUT2D eigenvalue weighted by Crippen LogP contribution is -2.47. The van der Waals surface area contributed by atoms with Gasteiger partial charge in [0.05, 0.1) is 5.56 Å². The summed E-state index contributed by atoms with van der Waals surface area (Å²) in [6.45, 7) is 5.04. The molecule has 2 aromatic rings. The number of alkyl halides is 3. The third-order valence-electron chi connectivity index (χ3n) is 5.29. The zero-order valence-electron chi connectivity index (χ0n) is 18.1. The molecule has 3 rings (SSSR count). The third kappa shape index (κ3) is 6.54. The monoisotopic (exact) mass is 448 g/mol. The van der Waals surface area contributed by atoms with Gasteiger partial charge in [0.15, 0.2) is 0 Å². The highest BCUT2D eigenvalue weighted by Gasteiger charge is 2.29. The van der Waals surface area contributed by atoms with Gasteiger partial charge in [0.25, 0.3) is 5.91 Å². The van der Waals surface area contributed by atoms with Crippen LogP contribution in [0.4, 0.5) is 18.9 Å². The molecule has 1 saturated heterocycles. The normalized spacial score (nSPS) is 15.0. The molecule has 0 unspecified atom stereocenters. The van der Waals surface area contributed by atoms with Crippen LogP contribution in [0.3, 0.4) is 0 Å². The van der Waals surface area contributed by atoms with Crippen LogP contribution < -0.4 is 10.6 Å². The summed E-state index contributed by atoms with van der Waals surface area (Å²) in [4.78, 5) is 28.5. The second-order valence-corrected chi connectivity index (χ2v) is 7.99. The maximum atomic E-state index is 13.0. The van der Waals surface area contributed by atoms with Crippen molar-refractivity contribution in [3.8, 4) is 0 Å². The van der Waals surface area contributed by atoms with Gasteiger partial charge in [-0.1, -0.05) is 12.1 Å². The first kappa shape index (κ1) is 23.7. The Labute approximate surface area is 185 Å². The molecule has 0 spiro atoms. The van der Waals surface area contributed by atoms with Gasteiger partial charge in [-0.05, 0) is 48.5 Å². The number of likely N-dealkylation sites (N-methyl/N-ethyl adjacent to an activating group) is 1. The average molecular weight is 448 g/mol. The van der Waals surface area contributed by atoms with Gasteiger partial charge in [-0.2, -0.15) is 13.2 Å². The van der Waals surface area contributed by atoms with E-state index in [1.807, 2.05) is 7.05 Å². The SMILES string of the molecule is CC(=O)Nc1cc(CNCc2ccc(C(F)(F)F)cc2)cc(C(=O)N2CCN(C)CC2)c1. The highest BCUT2D eigenvalue weighted by atomic mass is 19.4. The minimum Gasteiger partial charge on any atom is -0.336 e. The number of benzene rings is 2. The summed E-state index contributed by atoms with van der Waals surface area (Å²) in [5.74, 6) is -0.327. The summed E-state index contributed by atoms with van der Waals surface area (Å²) in [7, 11) is 2.01. The van der Waals surface area contributed by atoms with Crippen LogP contribution in [0.1, 0.15) is 34.0 Å². The Balaban J connectivity index is 1.69. The largest absolute Gasteiger partial charge is 0.416 e. The first-order chi connectivity index (χ1) is 15.1.